The highest BCUT2D eigenvalue weighted by atomic mass is 32.2. The molecule has 1 aromatic carbocycles. The molecule has 0 heterocycles. The van der Waals surface area contributed by atoms with Crippen molar-refractivity contribution in [2.24, 2.45) is 5.73 Å². The van der Waals surface area contributed by atoms with E-state index in [2.05, 4.69) is 0 Å². The summed E-state index contributed by atoms with van der Waals surface area (Å²) in [7, 11) is -3.79. The van der Waals surface area contributed by atoms with Gasteiger partial charge in [-0.05, 0) is 18.2 Å². The number of sulfonamides is 1. The molecular weight excluding hydrogens is 283 g/mol. The summed E-state index contributed by atoms with van der Waals surface area (Å²) >= 11 is 0. The molecule has 1 aromatic rings. The molecule has 0 atom stereocenters. The van der Waals surface area contributed by atoms with Crippen molar-refractivity contribution in [2.75, 3.05) is 17.0 Å². The number of halogens is 3. The van der Waals surface area contributed by atoms with Gasteiger partial charge in [0.25, 0.3) is 0 Å². The Labute approximate surface area is 107 Å². The third-order valence-electron chi connectivity index (χ3n) is 2.11. The number of anilines is 1. The molecule has 1 rings (SSSR count). The maximum Gasteiger partial charge on any atom is 0.417 e. The van der Waals surface area contributed by atoms with Crippen molar-refractivity contribution >= 4 is 15.7 Å². The fourth-order valence-electron chi connectivity index (χ4n) is 1.33. The molecule has 19 heavy (non-hydrogen) atoms. The standard InChI is InChI=1S/C10H10F3N3O2S/c11-10(12,13)9-5-8(2-1-7(9)6-15)16-19(17,18)4-3-14/h1-2,5,16H,3-4,14H2. The molecule has 3 N–H and O–H groups in total. The lowest BCUT2D eigenvalue weighted by atomic mass is 10.1. The maximum absolute atomic E-state index is 12.6. The van der Waals surface area contributed by atoms with Gasteiger partial charge in [0.15, 0.2) is 0 Å². The van der Waals surface area contributed by atoms with Gasteiger partial charge in [-0.3, -0.25) is 4.72 Å². The van der Waals surface area contributed by atoms with Crippen LogP contribution in [0.3, 0.4) is 0 Å². The van der Waals surface area contributed by atoms with Crippen LogP contribution in [0.25, 0.3) is 0 Å². The van der Waals surface area contributed by atoms with Crippen LogP contribution in [-0.2, 0) is 16.2 Å². The maximum atomic E-state index is 12.6. The molecule has 0 aliphatic rings. The average molecular weight is 293 g/mol. The van der Waals surface area contributed by atoms with Gasteiger partial charge < -0.3 is 5.73 Å². The second kappa shape index (κ2) is 5.46. The third kappa shape index (κ3) is 4.11. The topological polar surface area (TPSA) is 96.0 Å². The minimum atomic E-state index is -4.74. The highest BCUT2D eigenvalue weighted by molar-refractivity contribution is 7.92. The van der Waals surface area contributed by atoms with E-state index >= 15 is 0 Å². The largest absolute Gasteiger partial charge is 0.417 e. The summed E-state index contributed by atoms with van der Waals surface area (Å²) in [4.78, 5) is 0. The van der Waals surface area contributed by atoms with Crippen LogP contribution in [0.15, 0.2) is 18.2 Å². The fraction of sp³-hybridized carbons (Fsp3) is 0.300. The Morgan fingerprint density at radius 3 is 2.47 bits per heavy atom. The number of rotatable bonds is 4. The number of benzene rings is 1. The van der Waals surface area contributed by atoms with Gasteiger partial charge in [0.1, 0.15) is 0 Å². The molecule has 0 amide bonds. The van der Waals surface area contributed by atoms with Crippen LogP contribution in [-0.4, -0.2) is 20.7 Å². The first kappa shape index (κ1) is 15.3. The van der Waals surface area contributed by atoms with Crippen LogP contribution in [0, 0.1) is 11.3 Å². The fourth-order valence-corrected chi connectivity index (χ4v) is 2.22. The minimum Gasteiger partial charge on any atom is -0.329 e. The van der Waals surface area contributed by atoms with E-state index in [1.54, 1.807) is 0 Å². The Bertz CT molecular complexity index is 605. The molecule has 104 valence electrons. The van der Waals surface area contributed by atoms with Gasteiger partial charge in [-0.2, -0.15) is 18.4 Å². The Balaban J connectivity index is 3.18. The zero-order valence-corrected chi connectivity index (χ0v) is 10.3. The molecule has 9 heteroatoms. The van der Waals surface area contributed by atoms with Crippen molar-refractivity contribution in [1.82, 2.24) is 0 Å². The monoisotopic (exact) mass is 293 g/mol. The molecule has 0 saturated heterocycles. The van der Waals surface area contributed by atoms with Gasteiger partial charge in [-0.15, -0.1) is 0 Å². The Hall–Kier alpha value is -1.79. The summed E-state index contributed by atoms with van der Waals surface area (Å²) in [6.07, 6.45) is -4.74. The zero-order valence-electron chi connectivity index (χ0n) is 9.53. The van der Waals surface area contributed by atoms with Crippen molar-refractivity contribution in [3.05, 3.63) is 29.3 Å². The zero-order chi connectivity index (χ0) is 14.7. The van der Waals surface area contributed by atoms with Crippen molar-refractivity contribution < 1.29 is 21.6 Å². The van der Waals surface area contributed by atoms with Crippen molar-refractivity contribution in [3.63, 3.8) is 0 Å². The summed E-state index contributed by atoms with van der Waals surface area (Å²) in [5.74, 6) is -0.408. The van der Waals surface area contributed by atoms with E-state index in [0.29, 0.717) is 6.07 Å². The molecule has 5 nitrogen and oxygen atoms in total. The number of hydrogen-bond acceptors (Lipinski definition) is 4. The molecular formula is C10H10F3N3O2S. The first-order valence-corrected chi connectivity index (χ1v) is 6.67. The minimum absolute atomic E-state index is 0.155. The smallest absolute Gasteiger partial charge is 0.329 e. The normalized spacial score (nSPS) is 11.9. The van der Waals surface area contributed by atoms with Gasteiger partial charge in [0, 0.05) is 12.2 Å². The second-order valence-corrected chi connectivity index (χ2v) is 5.42. The molecule has 0 aliphatic carbocycles. The van der Waals surface area contributed by atoms with Crippen molar-refractivity contribution in [1.29, 1.82) is 5.26 Å². The lowest BCUT2D eigenvalue weighted by Crippen LogP contribution is -2.22. The third-order valence-corrected chi connectivity index (χ3v) is 3.43. The molecule has 0 spiro atoms. The van der Waals surface area contributed by atoms with Crippen LogP contribution in [0.4, 0.5) is 18.9 Å². The van der Waals surface area contributed by atoms with Gasteiger partial charge in [0.05, 0.1) is 22.9 Å². The van der Waals surface area contributed by atoms with Crippen molar-refractivity contribution in [2.45, 2.75) is 6.18 Å². The predicted molar refractivity (Wildman–Crippen MR) is 62.6 cm³/mol. The summed E-state index contributed by atoms with van der Waals surface area (Å²) in [5, 5.41) is 8.58. The van der Waals surface area contributed by atoms with E-state index in [1.807, 2.05) is 4.72 Å². The summed E-state index contributed by atoms with van der Waals surface area (Å²) < 4.78 is 62.7. The summed E-state index contributed by atoms with van der Waals surface area (Å²) in [6, 6.07) is 3.97. The van der Waals surface area contributed by atoms with E-state index in [1.165, 1.54) is 6.07 Å². The number of nitrogens with zero attached hydrogens (tertiary/aromatic N) is 1. The van der Waals surface area contributed by atoms with Crippen molar-refractivity contribution in [3.8, 4) is 6.07 Å². The second-order valence-electron chi connectivity index (χ2n) is 3.58. The Kier molecular flexibility index (Phi) is 4.39. The number of nitrogens with two attached hydrogens (primary N) is 1. The van der Waals surface area contributed by atoms with Crippen LogP contribution in [0.1, 0.15) is 11.1 Å². The molecule has 0 radical (unpaired) electrons. The van der Waals surface area contributed by atoms with E-state index in [9.17, 15) is 21.6 Å². The van der Waals surface area contributed by atoms with Gasteiger partial charge in [-0.25, -0.2) is 8.42 Å². The van der Waals surface area contributed by atoms with Crippen LogP contribution < -0.4 is 10.5 Å². The highest BCUT2D eigenvalue weighted by Crippen LogP contribution is 2.33. The summed E-state index contributed by atoms with van der Waals surface area (Å²) in [5.41, 5.74) is 3.04. The van der Waals surface area contributed by atoms with Gasteiger partial charge in [-0.1, -0.05) is 0 Å². The molecule has 0 fully saturated rings. The predicted octanol–water partition coefficient (Wildman–Crippen LogP) is 1.28. The molecule has 0 saturated carbocycles. The number of nitriles is 1. The van der Waals surface area contributed by atoms with Crippen LogP contribution in [0.5, 0.6) is 0 Å². The number of nitrogens with one attached hydrogen (secondary N) is 1. The summed E-state index contributed by atoms with van der Waals surface area (Å²) in [6.45, 7) is -0.155. The molecule has 0 unspecified atom stereocenters. The average Bonchev–Trinajstić information content (AvgIpc) is 2.27. The SMILES string of the molecule is N#Cc1ccc(NS(=O)(=O)CCN)cc1C(F)(F)F. The molecule has 0 aromatic heterocycles. The lowest BCUT2D eigenvalue weighted by molar-refractivity contribution is -0.137. The van der Waals surface area contributed by atoms with Gasteiger partial charge >= 0.3 is 6.18 Å². The molecule has 0 bridgehead atoms. The van der Waals surface area contributed by atoms with E-state index in [-0.39, 0.29) is 12.2 Å². The van der Waals surface area contributed by atoms with E-state index in [4.69, 9.17) is 11.0 Å². The number of hydrogen-bond donors (Lipinski definition) is 2. The number of alkyl halides is 3. The van der Waals surface area contributed by atoms with E-state index < -0.39 is 33.1 Å². The van der Waals surface area contributed by atoms with Gasteiger partial charge in [0.2, 0.25) is 10.0 Å². The first-order valence-electron chi connectivity index (χ1n) is 5.01. The highest BCUT2D eigenvalue weighted by Gasteiger charge is 2.34. The van der Waals surface area contributed by atoms with Crippen LogP contribution >= 0.6 is 0 Å². The molecule has 0 aliphatic heterocycles. The Morgan fingerprint density at radius 1 is 1.37 bits per heavy atom. The first-order chi connectivity index (χ1) is 8.69. The Morgan fingerprint density at radius 2 is 2.00 bits per heavy atom. The quantitative estimate of drug-likeness (QED) is 0.874. The lowest BCUT2D eigenvalue weighted by Gasteiger charge is -2.12. The van der Waals surface area contributed by atoms with Crippen LogP contribution in [0.2, 0.25) is 0 Å². The van der Waals surface area contributed by atoms with E-state index in [0.717, 1.165) is 12.1 Å².